The van der Waals surface area contributed by atoms with Crippen LogP contribution in [0.5, 0.6) is 0 Å². The van der Waals surface area contributed by atoms with Crippen molar-refractivity contribution in [3.05, 3.63) is 24.3 Å². The lowest BCUT2D eigenvalue weighted by Gasteiger charge is -2.17. The molecule has 0 bridgehead atoms. The lowest BCUT2D eigenvalue weighted by atomic mass is 10.1. The van der Waals surface area contributed by atoms with Crippen molar-refractivity contribution in [1.29, 1.82) is 0 Å². The molecule has 0 atom stereocenters. The maximum absolute atomic E-state index is 10.2. The molecular weight excluding hydrogens is 382 g/mol. The summed E-state index contributed by atoms with van der Waals surface area (Å²) in [4.78, 5) is 12.0. The Hall–Kier alpha value is -1.21. The summed E-state index contributed by atoms with van der Waals surface area (Å²) in [5.74, 6) is -0.885. The molecule has 0 aliphatic rings. The summed E-state index contributed by atoms with van der Waals surface area (Å²) < 4.78 is 0. The van der Waals surface area contributed by atoms with E-state index in [2.05, 4.69) is 6.92 Å². The number of carboxylic acid groups (broad SMARTS) is 1. The minimum absolute atomic E-state index is 0.0694. The van der Waals surface area contributed by atoms with E-state index in [1.165, 1.54) is 70.6 Å². The third-order valence-corrected chi connectivity index (χ3v) is 4.71. The van der Waals surface area contributed by atoms with Crippen molar-refractivity contribution in [2.45, 2.75) is 84.0 Å². The van der Waals surface area contributed by atoms with Crippen LogP contribution in [0.15, 0.2) is 24.3 Å². The topological polar surface area (TPSA) is 101 Å². The van der Waals surface area contributed by atoms with E-state index in [0.717, 1.165) is 12.5 Å². The minimum atomic E-state index is -0.885. The van der Waals surface area contributed by atoms with Crippen molar-refractivity contribution in [3.63, 3.8) is 0 Å². The molecule has 0 aromatic rings. The van der Waals surface area contributed by atoms with E-state index in [9.17, 15) is 4.79 Å². The van der Waals surface area contributed by atoms with Gasteiger partial charge < -0.3 is 20.4 Å². The quantitative estimate of drug-likeness (QED) is 0.132. The molecule has 178 valence electrons. The van der Waals surface area contributed by atoms with Gasteiger partial charge in [-0.1, -0.05) is 89.4 Å². The molecule has 0 aromatic heterocycles. The smallest absolute Gasteiger partial charge is 0.328 e. The first-order valence-corrected chi connectivity index (χ1v) is 11.7. The maximum Gasteiger partial charge on any atom is 0.328 e. The third-order valence-electron chi connectivity index (χ3n) is 4.71. The summed E-state index contributed by atoms with van der Waals surface area (Å²) in [6.45, 7) is 4.01. The number of carbonyl (C=O) groups is 1. The fraction of sp³-hybridized carbons (Fsp3) is 0.792. The largest absolute Gasteiger partial charge is 0.478 e. The highest BCUT2D eigenvalue weighted by atomic mass is 16.4. The zero-order valence-corrected chi connectivity index (χ0v) is 19.2. The fourth-order valence-corrected chi connectivity index (χ4v) is 3.00. The SMILES string of the molecule is CCCCCCCCCCCCCC=CC=CC(=O)O.OCCN(CCO)CCO. The summed E-state index contributed by atoms with van der Waals surface area (Å²) in [6.07, 6.45) is 22.7. The molecule has 0 aliphatic heterocycles. The monoisotopic (exact) mass is 429 g/mol. The number of nitrogens with zero attached hydrogens (tertiary/aromatic N) is 1. The average molecular weight is 430 g/mol. The average Bonchev–Trinajstić information content (AvgIpc) is 2.72. The number of aliphatic hydroxyl groups excluding tert-OH is 3. The molecule has 0 aliphatic carbocycles. The van der Waals surface area contributed by atoms with Crippen molar-refractivity contribution < 1.29 is 25.2 Å². The predicted octanol–water partition coefficient (Wildman–Crippen LogP) is 4.15. The second-order valence-electron chi connectivity index (χ2n) is 7.46. The van der Waals surface area contributed by atoms with Crippen molar-refractivity contribution in [2.75, 3.05) is 39.5 Å². The number of unbranched alkanes of at least 4 members (excludes halogenated alkanes) is 11. The van der Waals surface area contributed by atoms with E-state index < -0.39 is 5.97 Å². The molecule has 6 heteroatoms. The first-order valence-electron chi connectivity index (χ1n) is 11.7. The molecule has 0 saturated carbocycles. The van der Waals surface area contributed by atoms with Gasteiger partial charge in [0.2, 0.25) is 0 Å². The maximum atomic E-state index is 10.2. The van der Waals surface area contributed by atoms with Crippen LogP contribution < -0.4 is 0 Å². The number of hydrogen-bond donors (Lipinski definition) is 4. The van der Waals surface area contributed by atoms with Crippen LogP contribution in [0.25, 0.3) is 0 Å². The van der Waals surface area contributed by atoms with Crippen molar-refractivity contribution in [2.24, 2.45) is 0 Å². The van der Waals surface area contributed by atoms with Crippen LogP contribution >= 0.6 is 0 Å². The van der Waals surface area contributed by atoms with E-state index in [1.54, 1.807) is 11.0 Å². The summed E-state index contributed by atoms with van der Waals surface area (Å²) in [6, 6.07) is 0. The molecule has 0 unspecified atom stereocenters. The highest BCUT2D eigenvalue weighted by molar-refractivity contribution is 5.80. The molecule has 0 radical (unpaired) electrons. The van der Waals surface area contributed by atoms with E-state index in [0.29, 0.717) is 19.6 Å². The van der Waals surface area contributed by atoms with Gasteiger partial charge in [-0.05, 0) is 12.8 Å². The Morgan fingerprint density at radius 1 is 0.700 bits per heavy atom. The highest BCUT2D eigenvalue weighted by Crippen LogP contribution is 2.11. The van der Waals surface area contributed by atoms with Crippen LogP contribution in [-0.4, -0.2) is 70.8 Å². The number of rotatable bonds is 20. The Balaban J connectivity index is 0. The van der Waals surface area contributed by atoms with E-state index >= 15 is 0 Å². The summed E-state index contributed by atoms with van der Waals surface area (Å²) in [5, 5.41) is 33.9. The van der Waals surface area contributed by atoms with Crippen LogP contribution in [0.3, 0.4) is 0 Å². The first-order chi connectivity index (χ1) is 14.6. The molecule has 4 N–H and O–H groups in total. The normalized spacial score (nSPS) is 11.4. The van der Waals surface area contributed by atoms with Crippen LogP contribution in [0.1, 0.15) is 84.0 Å². The van der Waals surface area contributed by atoms with Crippen LogP contribution in [0, 0.1) is 0 Å². The predicted molar refractivity (Wildman–Crippen MR) is 125 cm³/mol. The molecule has 0 spiro atoms. The zero-order chi connectivity index (χ0) is 22.7. The molecule has 0 aromatic carbocycles. The highest BCUT2D eigenvalue weighted by Gasteiger charge is 2.00. The Morgan fingerprint density at radius 2 is 1.13 bits per heavy atom. The van der Waals surface area contributed by atoms with Crippen molar-refractivity contribution in [3.8, 4) is 0 Å². The zero-order valence-electron chi connectivity index (χ0n) is 19.2. The van der Waals surface area contributed by atoms with Crippen LogP contribution in [0.4, 0.5) is 0 Å². The molecule has 6 nitrogen and oxygen atoms in total. The summed E-state index contributed by atoms with van der Waals surface area (Å²) in [7, 11) is 0. The van der Waals surface area contributed by atoms with Gasteiger partial charge in [-0.3, -0.25) is 4.90 Å². The molecule has 0 heterocycles. The van der Waals surface area contributed by atoms with Crippen LogP contribution in [-0.2, 0) is 4.79 Å². The molecule has 0 rings (SSSR count). The van der Waals surface area contributed by atoms with Crippen molar-refractivity contribution in [1.82, 2.24) is 4.90 Å². The Labute approximate surface area is 184 Å². The van der Waals surface area contributed by atoms with Gasteiger partial charge in [-0.25, -0.2) is 4.79 Å². The second-order valence-corrected chi connectivity index (χ2v) is 7.46. The lowest BCUT2D eigenvalue weighted by Crippen LogP contribution is -2.32. The number of carboxylic acids is 1. The summed E-state index contributed by atoms with van der Waals surface area (Å²) in [5.41, 5.74) is 0. The number of allylic oxidation sites excluding steroid dienone is 3. The Bertz CT molecular complexity index is 385. The van der Waals surface area contributed by atoms with Crippen LogP contribution in [0.2, 0.25) is 0 Å². The second kappa shape index (κ2) is 27.8. The standard InChI is InChI=1S/C18H32O2.C6H15NO3/c1-2-3-4-5-6-7-8-9-10-11-12-13-14-15-16-17-18(19)20;8-4-1-7(2-5-9)3-6-10/h14-17H,2-13H2,1H3,(H,19,20);8-10H,1-6H2. The lowest BCUT2D eigenvalue weighted by molar-refractivity contribution is -0.131. The molecular formula is C24H47NO5. The van der Waals surface area contributed by atoms with Gasteiger partial charge in [-0.2, -0.15) is 0 Å². The minimum Gasteiger partial charge on any atom is -0.478 e. The molecule has 0 saturated heterocycles. The third kappa shape index (κ3) is 29.0. The van der Waals surface area contributed by atoms with Gasteiger partial charge in [0.15, 0.2) is 0 Å². The van der Waals surface area contributed by atoms with Gasteiger partial charge in [0.1, 0.15) is 0 Å². The molecule has 0 amide bonds. The molecule has 30 heavy (non-hydrogen) atoms. The van der Waals surface area contributed by atoms with E-state index in [-0.39, 0.29) is 19.8 Å². The van der Waals surface area contributed by atoms with E-state index in [1.807, 2.05) is 12.2 Å². The number of aliphatic carboxylic acids is 1. The van der Waals surface area contributed by atoms with Gasteiger partial charge >= 0.3 is 5.97 Å². The van der Waals surface area contributed by atoms with Gasteiger partial charge in [-0.15, -0.1) is 0 Å². The number of aliphatic hydroxyl groups is 3. The van der Waals surface area contributed by atoms with Gasteiger partial charge in [0, 0.05) is 25.7 Å². The van der Waals surface area contributed by atoms with Crippen molar-refractivity contribution >= 4 is 5.97 Å². The van der Waals surface area contributed by atoms with E-state index in [4.69, 9.17) is 20.4 Å². The molecule has 0 fully saturated rings. The van der Waals surface area contributed by atoms with Gasteiger partial charge in [0.05, 0.1) is 19.8 Å². The Morgan fingerprint density at radius 3 is 1.53 bits per heavy atom. The number of hydrogen-bond acceptors (Lipinski definition) is 5. The fourth-order valence-electron chi connectivity index (χ4n) is 3.00. The van der Waals surface area contributed by atoms with Gasteiger partial charge in [0.25, 0.3) is 0 Å². The first kappa shape index (κ1) is 31.0. The summed E-state index contributed by atoms with van der Waals surface area (Å²) >= 11 is 0. The Kier molecular flexibility index (Phi) is 28.7.